The minimum Gasteiger partial charge on any atom is -0.462 e. The summed E-state index contributed by atoms with van der Waals surface area (Å²) in [6, 6.07) is 0. The van der Waals surface area contributed by atoms with E-state index in [0.717, 1.165) is 19.3 Å². The molecule has 0 aromatic rings. The first-order valence-corrected chi connectivity index (χ1v) is 10.4. The molecule has 2 aliphatic carbocycles. The Bertz CT molecular complexity index is 683. The van der Waals surface area contributed by atoms with Gasteiger partial charge in [-0.05, 0) is 43.4 Å². The molecule has 2 fully saturated rings. The van der Waals surface area contributed by atoms with Crippen molar-refractivity contribution < 1.29 is 29.3 Å². The molecule has 3 aliphatic rings. The zero-order chi connectivity index (χ0) is 20.9. The van der Waals surface area contributed by atoms with Gasteiger partial charge in [-0.2, -0.15) is 0 Å². The van der Waals surface area contributed by atoms with Crippen LogP contribution < -0.4 is 0 Å². The first-order chi connectivity index (χ1) is 12.9. The number of hydrogen-bond donors (Lipinski definition) is 2. The van der Waals surface area contributed by atoms with E-state index in [9.17, 15) is 19.8 Å². The summed E-state index contributed by atoms with van der Waals surface area (Å²) >= 11 is 0. The molecule has 2 unspecified atom stereocenters. The minimum absolute atomic E-state index is 0.0409. The number of ether oxygens (including phenoxy) is 2. The Hall–Kier alpha value is -1.40. The Kier molecular flexibility index (Phi) is 5.43. The molecule has 0 saturated heterocycles. The maximum Gasteiger partial charge on any atom is 0.333 e. The largest absolute Gasteiger partial charge is 0.462 e. The van der Waals surface area contributed by atoms with E-state index in [2.05, 4.69) is 20.8 Å². The molecule has 28 heavy (non-hydrogen) atoms. The summed E-state index contributed by atoms with van der Waals surface area (Å²) in [6.45, 7) is 10.0. The summed E-state index contributed by atoms with van der Waals surface area (Å²) in [7, 11) is 0. The molecule has 2 N–H and O–H groups in total. The second-order valence-electron chi connectivity index (χ2n) is 9.95. The topological polar surface area (TPSA) is 93.1 Å². The summed E-state index contributed by atoms with van der Waals surface area (Å²) < 4.78 is 10.6. The number of aliphatic hydroxyl groups is 2. The maximum absolute atomic E-state index is 12.0. The predicted octanol–water partition coefficient (Wildman–Crippen LogP) is 3.10. The second kappa shape index (κ2) is 7.13. The average Bonchev–Trinajstić information content (AvgIpc) is 2.87. The maximum atomic E-state index is 12.0. The third kappa shape index (κ3) is 3.39. The third-order valence-electron chi connectivity index (χ3n) is 7.77. The number of cyclic esters (lactones) is 1. The summed E-state index contributed by atoms with van der Waals surface area (Å²) in [5, 5.41) is 21.9. The number of aliphatic hydroxyl groups excluding tert-OH is 1. The van der Waals surface area contributed by atoms with Gasteiger partial charge in [0.1, 0.15) is 6.10 Å². The van der Waals surface area contributed by atoms with Gasteiger partial charge in [-0.15, -0.1) is 0 Å². The van der Waals surface area contributed by atoms with Crippen molar-refractivity contribution in [2.75, 3.05) is 0 Å². The number of fused-ring (bicyclic) bond motifs is 1. The van der Waals surface area contributed by atoms with Crippen LogP contribution in [0.3, 0.4) is 0 Å². The summed E-state index contributed by atoms with van der Waals surface area (Å²) in [6.07, 6.45) is 4.24. The molecule has 158 valence electrons. The highest BCUT2D eigenvalue weighted by Crippen LogP contribution is 2.64. The molecule has 2 saturated carbocycles. The van der Waals surface area contributed by atoms with E-state index in [1.54, 1.807) is 0 Å². The highest BCUT2D eigenvalue weighted by molar-refractivity contribution is 5.85. The van der Waals surface area contributed by atoms with Gasteiger partial charge in [-0.1, -0.05) is 34.1 Å². The normalized spacial score (nSPS) is 42.4. The van der Waals surface area contributed by atoms with Gasteiger partial charge in [0.15, 0.2) is 0 Å². The molecule has 0 spiro atoms. The lowest BCUT2D eigenvalue weighted by Gasteiger charge is -2.64. The van der Waals surface area contributed by atoms with Crippen LogP contribution in [0.1, 0.15) is 73.1 Å². The van der Waals surface area contributed by atoms with Crippen LogP contribution in [0.5, 0.6) is 0 Å². The van der Waals surface area contributed by atoms with Crippen molar-refractivity contribution >= 4 is 11.9 Å². The first kappa shape index (κ1) is 21.3. The van der Waals surface area contributed by atoms with E-state index in [0.29, 0.717) is 24.8 Å². The Balaban J connectivity index is 1.93. The van der Waals surface area contributed by atoms with E-state index in [1.165, 1.54) is 13.0 Å². The van der Waals surface area contributed by atoms with Gasteiger partial charge in [-0.25, -0.2) is 4.79 Å². The molecule has 1 heterocycles. The van der Waals surface area contributed by atoms with Gasteiger partial charge < -0.3 is 19.7 Å². The van der Waals surface area contributed by atoms with E-state index >= 15 is 0 Å². The zero-order valence-corrected chi connectivity index (χ0v) is 17.7. The molecular weight excluding hydrogens is 360 g/mol. The van der Waals surface area contributed by atoms with Crippen molar-refractivity contribution in [3.63, 3.8) is 0 Å². The van der Waals surface area contributed by atoms with Gasteiger partial charge in [0.25, 0.3) is 0 Å². The summed E-state index contributed by atoms with van der Waals surface area (Å²) in [5.74, 6) is -0.854. The SMILES string of the molecule is CC(=O)O[C@@H]1C[C@@H](C)[C@](O)(CCC2=CC(=O)OC2O)[C@@]2(C)CCCC(C)(C)C12. The van der Waals surface area contributed by atoms with Crippen molar-refractivity contribution in [2.24, 2.45) is 22.7 Å². The van der Waals surface area contributed by atoms with Crippen LogP contribution in [-0.2, 0) is 19.1 Å². The molecule has 1 aliphatic heterocycles. The summed E-state index contributed by atoms with van der Waals surface area (Å²) in [4.78, 5) is 23.2. The van der Waals surface area contributed by atoms with Crippen LogP contribution in [0.15, 0.2) is 11.6 Å². The number of esters is 2. The van der Waals surface area contributed by atoms with Gasteiger partial charge in [0.2, 0.25) is 6.29 Å². The Morgan fingerprint density at radius 1 is 1.32 bits per heavy atom. The quantitative estimate of drug-likeness (QED) is 0.712. The van der Waals surface area contributed by atoms with Crippen molar-refractivity contribution in [3.05, 3.63) is 11.6 Å². The monoisotopic (exact) mass is 394 g/mol. The zero-order valence-electron chi connectivity index (χ0n) is 17.7. The van der Waals surface area contributed by atoms with Crippen LogP contribution in [0.4, 0.5) is 0 Å². The molecule has 0 aromatic heterocycles. The molecule has 6 heteroatoms. The highest BCUT2D eigenvalue weighted by atomic mass is 16.6. The predicted molar refractivity (Wildman–Crippen MR) is 103 cm³/mol. The average molecular weight is 395 g/mol. The number of rotatable bonds is 4. The second-order valence-corrected chi connectivity index (χ2v) is 9.95. The van der Waals surface area contributed by atoms with Gasteiger partial charge in [-0.3, -0.25) is 4.79 Å². The molecule has 0 bridgehead atoms. The van der Waals surface area contributed by atoms with Gasteiger partial charge >= 0.3 is 11.9 Å². The van der Waals surface area contributed by atoms with Crippen molar-refractivity contribution in [1.82, 2.24) is 0 Å². The number of carbonyl (C=O) groups excluding carboxylic acids is 2. The van der Waals surface area contributed by atoms with E-state index in [1.807, 2.05) is 6.92 Å². The Morgan fingerprint density at radius 3 is 2.57 bits per heavy atom. The first-order valence-electron chi connectivity index (χ1n) is 10.4. The molecular formula is C22H34O6. The van der Waals surface area contributed by atoms with Crippen LogP contribution in [0.25, 0.3) is 0 Å². The van der Waals surface area contributed by atoms with Crippen LogP contribution in [0, 0.1) is 22.7 Å². The summed E-state index contributed by atoms with van der Waals surface area (Å²) in [5.41, 5.74) is -0.963. The van der Waals surface area contributed by atoms with Crippen molar-refractivity contribution in [2.45, 2.75) is 91.1 Å². The van der Waals surface area contributed by atoms with Crippen LogP contribution in [-0.4, -0.2) is 40.1 Å². The fourth-order valence-corrected chi connectivity index (χ4v) is 6.56. The smallest absolute Gasteiger partial charge is 0.333 e. The van der Waals surface area contributed by atoms with E-state index in [-0.39, 0.29) is 29.3 Å². The molecule has 6 atom stereocenters. The lowest BCUT2D eigenvalue weighted by molar-refractivity contribution is -0.249. The van der Waals surface area contributed by atoms with Crippen LogP contribution >= 0.6 is 0 Å². The third-order valence-corrected chi connectivity index (χ3v) is 7.77. The molecule has 0 amide bonds. The fourth-order valence-electron chi connectivity index (χ4n) is 6.56. The molecule has 3 rings (SSSR count). The Labute approximate surface area is 167 Å². The standard InChI is InChI=1S/C22H34O6/c1-13-11-16(27-14(2)23)18-20(3,4)8-6-9-21(18,5)22(13,26)10-7-15-12-17(24)28-19(15)25/h12-13,16,18-19,25-26H,6-11H2,1-5H3/t13-,16-,18?,19?,21+,22-/m1/s1. The highest BCUT2D eigenvalue weighted by Gasteiger charge is 2.64. The lowest BCUT2D eigenvalue weighted by Crippen LogP contribution is -2.66. The van der Waals surface area contributed by atoms with Gasteiger partial charge in [0, 0.05) is 29.9 Å². The Morgan fingerprint density at radius 2 is 2.00 bits per heavy atom. The fraction of sp³-hybridized carbons (Fsp3) is 0.818. The molecule has 0 radical (unpaired) electrons. The van der Waals surface area contributed by atoms with E-state index < -0.39 is 23.3 Å². The number of hydrogen-bond acceptors (Lipinski definition) is 6. The number of carbonyl (C=O) groups is 2. The van der Waals surface area contributed by atoms with Crippen molar-refractivity contribution in [1.29, 1.82) is 0 Å². The van der Waals surface area contributed by atoms with Crippen molar-refractivity contribution in [3.8, 4) is 0 Å². The van der Waals surface area contributed by atoms with Gasteiger partial charge in [0.05, 0.1) is 5.60 Å². The molecule has 0 aromatic carbocycles. The van der Waals surface area contributed by atoms with Crippen LogP contribution in [0.2, 0.25) is 0 Å². The molecule has 6 nitrogen and oxygen atoms in total. The minimum atomic E-state index is -1.21. The van der Waals surface area contributed by atoms with E-state index in [4.69, 9.17) is 9.47 Å². The lowest BCUT2D eigenvalue weighted by atomic mass is 9.43.